The van der Waals surface area contributed by atoms with E-state index < -0.39 is 4.92 Å². The van der Waals surface area contributed by atoms with Gasteiger partial charge in [0.15, 0.2) is 0 Å². The van der Waals surface area contributed by atoms with Gasteiger partial charge in [-0.25, -0.2) is 0 Å². The van der Waals surface area contributed by atoms with Crippen LogP contribution in [0.25, 0.3) is 0 Å². The van der Waals surface area contributed by atoms with E-state index in [0.29, 0.717) is 10.7 Å². The van der Waals surface area contributed by atoms with Crippen molar-refractivity contribution in [2.24, 2.45) is 0 Å². The Labute approximate surface area is 120 Å². The smallest absolute Gasteiger partial charge is 0.334 e. The molecule has 0 spiro atoms. The van der Waals surface area contributed by atoms with E-state index in [1.54, 1.807) is 25.3 Å². The fraction of sp³-hybridized carbons (Fsp3) is 0.154. The molecule has 0 aliphatic heterocycles. The first-order valence-corrected chi connectivity index (χ1v) is 6.11. The van der Waals surface area contributed by atoms with Crippen molar-refractivity contribution < 1.29 is 9.66 Å². The Bertz CT molecular complexity index is 661. The molecule has 0 aliphatic rings. The van der Waals surface area contributed by atoms with E-state index in [9.17, 15) is 10.1 Å². The standard InChI is InChI=1S/C13H12ClN3O3/c1-8-10(4-3-5-15-8)16-11-6-9(14)7-12(20-2)13(11)17(18)19/h3-7,16H,1-2H3. The quantitative estimate of drug-likeness (QED) is 0.687. The number of benzene rings is 1. The molecule has 0 amide bonds. The topological polar surface area (TPSA) is 77.3 Å². The van der Waals surface area contributed by atoms with Gasteiger partial charge in [-0.05, 0) is 25.1 Å². The normalized spacial score (nSPS) is 10.2. The number of nitro groups is 1. The van der Waals surface area contributed by atoms with Crippen molar-refractivity contribution in [3.05, 3.63) is 51.3 Å². The number of nitro benzene ring substituents is 1. The van der Waals surface area contributed by atoms with Crippen molar-refractivity contribution in [3.8, 4) is 5.75 Å². The zero-order chi connectivity index (χ0) is 14.7. The fourth-order valence-electron chi connectivity index (χ4n) is 1.77. The predicted molar refractivity (Wildman–Crippen MR) is 76.9 cm³/mol. The molecular formula is C13H12ClN3O3. The average molecular weight is 294 g/mol. The first-order chi connectivity index (χ1) is 9.52. The summed E-state index contributed by atoms with van der Waals surface area (Å²) >= 11 is 5.95. The zero-order valence-electron chi connectivity index (χ0n) is 10.9. The molecule has 1 aromatic heterocycles. The van der Waals surface area contributed by atoms with Gasteiger partial charge < -0.3 is 10.1 Å². The summed E-state index contributed by atoms with van der Waals surface area (Å²) in [7, 11) is 1.36. The average Bonchev–Trinajstić information content (AvgIpc) is 2.40. The molecule has 0 radical (unpaired) electrons. The van der Waals surface area contributed by atoms with E-state index in [1.807, 2.05) is 0 Å². The highest BCUT2D eigenvalue weighted by Crippen LogP contribution is 2.39. The molecule has 7 heteroatoms. The molecule has 0 saturated carbocycles. The number of methoxy groups -OCH3 is 1. The van der Waals surface area contributed by atoms with Gasteiger partial charge in [0.05, 0.1) is 23.4 Å². The van der Waals surface area contributed by atoms with Gasteiger partial charge in [0.25, 0.3) is 0 Å². The fourth-order valence-corrected chi connectivity index (χ4v) is 1.98. The third-order valence-electron chi connectivity index (χ3n) is 2.72. The number of rotatable bonds is 4. The van der Waals surface area contributed by atoms with Gasteiger partial charge in [-0.2, -0.15) is 0 Å². The van der Waals surface area contributed by atoms with Crippen LogP contribution in [0, 0.1) is 17.0 Å². The minimum absolute atomic E-state index is 0.103. The Morgan fingerprint density at radius 2 is 2.15 bits per heavy atom. The molecular weight excluding hydrogens is 282 g/mol. The van der Waals surface area contributed by atoms with Gasteiger partial charge in [0, 0.05) is 17.3 Å². The largest absolute Gasteiger partial charge is 0.490 e. The lowest BCUT2D eigenvalue weighted by atomic mass is 10.2. The maximum atomic E-state index is 11.2. The van der Waals surface area contributed by atoms with Gasteiger partial charge >= 0.3 is 5.69 Å². The van der Waals surface area contributed by atoms with E-state index in [-0.39, 0.29) is 17.1 Å². The highest BCUT2D eigenvalue weighted by molar-refractivity contribution is 6.31. The molecule has 0 bridgehead atoms. The second-order valence-electron chi connectivity index (χ2n) is 4.02. The second kappa shape index (κ2) is 5.75. The lowest BCUT2D eigenvalue weighted by molar-refractivity contribution is -0.384. The number of halogens is 1. The van der Waals surface area contributed by atoms with Crippen LogP contribution in [0.1, 0.15) is 5.69 Å². The number of hydrogen-bond acceptors (Lipinski definition) is 5. The van der Waals surface area contributed by atoms with Gasteiger partial charge in [-0.3, -0.25) is 15.1 Å². The first kappa shape index (κ1) is 14.1. The van der Waals surface area contributed by atoms with Crippen LogP contribution < -0.4 is 10.1 Å². The van der Waals surface area contributed by atoms with Crippen molar-refractivity contribution in [2.45, 2.75) is 6.92 Å². The molecule has 0 aliphatic carbocycles. The molecule has 1 aromatic carbocycles. The lowest BCUT2D eigenvalue weighted by Gasteiger charge is -2.11. The van der Waals surface area contributed by atoms with E-state index in [4.69, 9.17) is 16.3 Å². The molecule has 0 atom stereocenters. The van der Waals surface area contributed by atoms with Crippen LogP contribution in [0.5, 0.6) is 5.75 Å². The van der Waals surface area contributed by atoms with E-state index >= 15 is 0 Å². The third-order valence-corrected chi connectivity index (χ3v) is 2.94. The van der Waals surface area contributed by atoms with Crippen LogP contribution in [0.15, 0.2) is 30.5 Å². The Hall–Kier alpha value is -2.34. The molecule has 104 valence electrons. The summed E-state index contributed by atoms with van der Waals surface area (Å²) in [6.45, 7) is 1.80. The second-order valence-corrected chi connectivity index (χ2v) is 4.46. The number of nitrogens with zero attached hydrogens (tertiary/aromatic N) is 2. The first-order valence-electron chi connectivity index (χ1n) is 5.73. The number of aromatic nitrogens is 1. The monoisotopic (exact) mass is 293 g/mol. The summed E-state index contributed by atoms with van der Waals surface area (Å²) in [5.74, 6) is 0.103. The summed E-state index contributed by atoms with van der Waals surface area (Å²) in [6.07, 6.45) is 1.65. The molecule has 20 heavy (non-hydrogen) atoms. The Morgan fingerprint density at radius 3 is 2.75 bits per heavy atom. The summed E-state index contributed by atoms with van der Waals surface area (Å²) in [5, 5.41) is 14.5. The minimum Gasteiger partial charge on any atom is -0.490 e. The highest BCUT2D eigenvalue weighted by Gasteiger charge is 2.22. The van der Waals surface area contributed by atoms with Gasteiger partial charge in [0.1, 0.15) is 5.69 Å². The number of ether oxygens (including phenoxy) is 1. The maximum Gasteiger partial charge on any atom is 0.334 e. The van der Waals surface area contributed by atoms with Crippen LogP contribution in [-0.2, 0) is 0 Å². The van der Waals surface area contributed by atoms with Crippen LogP contribution in [-0.4, -0.2) is 17.0 Å². The van der Waals surface area contributed by atoms with Crippen molar-refractivity contribution in [1.29, 1.82) is 0 Å². The van der Waals surface area contributed by atoms with Crippen LogP contribution in [0.2, 0.25) is 5.02 Å². The van der Waals surface area contributed by atoms with E-state index in [1.165, 1.54) is 19.2 Å². The van der Waals surface area contributed by atoms with E-state index in [0.717, 1.165) is 5.69 Å². The van der Waals surface area contributed by atoms with Crippen molar-refractivity contribution >= 4 is 28.7 Å². The van der Waals surface area contributed by atoms with Crippen molar-refractivity contribution in [1.82, 2.24) is 4.98 Å². The number of pyridine rings is 1. The van der Waals surface area contributed by atoms with E-state index in [2.05, 4.69) is 10.3 Å². The third kappa shape index (κ3) is 2.80. The zero-order valence-corrected chi connectivity index (χ0v) is 11.6. The number of hydrogen-bond donors (Lipinski definition) is 1. The predicted octanol–water partition coefficient (Wildman–Crippen LogP) is 3.70. The molecule has 1 heterocycles. The van der Waals surface area contributed by atoms with Crippen LogP contribution >= 0.6 is 11.6 Å². The molecule has 2 aromatic rings. The molecule has 0 unspecified atom stereocenters. The van der Waals surface area contributed by atoms with Crippen molar-refractivity contribution in [3.63, 3.8) is 0 Å². The maximum absolute atomic E-state index is 11.2. The summed E-state index contributed by atoms with van der Waals surface area (Å²) in [5.41, 5.74) is 1.48. The molecule has 0 saturated heterocycles. The van der Waals surface area contributed by atoms with Gasteiger partial charge in [-0.15, -0.1) is 0 Å². The molecule has 0 fully saturated rings. The van der Waals surface area contributed by atoms with Gasteiger partial charge in [0.2, 0.25) is 5.75 Å². The molecule has 6 nitrogen and oxygen atoms in total. The highest BCUT2D eigenvalue weighted by atomic mass is 35.5. The molecule has 1 N–H and O–H groups in total. The number of aryl methyl sites for hydroxylation is 1. The Morgan fingerprint density at radius 1 is 1.40 bits per heavy atom. The van der Waals surface area contributed by atoms with Crippen molar-refractivity contribution in [2.75, 3.05) is 12.4 Å². The number of nitrogens with one attached hydrogen (secondary N) is 1. The minimum atomic E-state index is -0.511. The number of anilines is 2. The summed E-state index contributed by atoms with van der Waals surface area (Å²) in [4.78, 5) is 14.8. The lowest BCUT2D eigenvalue weighted by Crippen LogP contribution is -2.01. The Kier molecular flexibility index (Phi) is 4.05. The van der Waals surface area contributed by atoms with Crippen LogP contribution in [0.3, 0.4) is 0 Å². The summed E-state index contributed by atoms with van der Waals surface area (Å²) in [6, 6.07) is 6.40. The Balaban J connectivity index is 2.53. The molecule has 2 rings (SSSR count). The SMILES string of the molecule is COc1cc(Cl)cc(Nc2cccnc2C)c1[N+](=O)[O-]. The summed E-state index contributed by atoms with van der Waals surface area (Å²) < 4.78 is 5.01. The van der Waals surface area contributed by atoms with Crippen LogP contribution in [0.4, 0.5) is 17.1 Å². The van der Waals surface area contributed by atoms with Gasteiger partial charge in [-0.1, -0.05) is 11.6 Å².